The van der Waals surface area contributed by atoms with Crippen LogP contribution in [0.3, 0.4) is 0 Å². The second-order valence-electron chi connectivity index (χ2n) is 11.3. The van der Waals surface area contributed by atoms with Crippen molar-refractivity contribution in [2.75, 3.05) is 10.7 Å². The third-order valence-corrected chi connectivity index (χ3v) is 9.64. The number of benzene rings is 4. The number of carbonyl (C=O) groups excluding carboxylic acids is 4. The third kappa shape index (κ3) is 4.09. The molecule has 9 heteroatoms. The Morgan fingerprint density at radius 2 is 1.50 bits per heavy atom. The summed E-state index contributed by atoms with van der Waals surface area (Å²) in [5.74, 6) is -2.96. The lowest BCUT2D eigenvalue weighted by Gasteiger charge is -2.30. The van der Waals surface area contributed by atoms with E-state index in [-0.39, 0.29) is 38.9 Å². The largest absolute Gasteiger partial charge is 0.309 e. The van der Waals surface area contributed by atoms with E-state index in [2.05, 4.69) is 28.7 Å². The van der Waals surface area contributed by atoms with Crippen molar-refractivity contribution in [2.24, 2.45) is 0 Å². The normalized spacial score (nSPS) is 15.7. The molecule has 0 bridgehead atoms. The molecular weight excluding hydrogens is 598 g/mol. The minimum absolute atomic E-state index is 0.0522. The fourth-order valence-corrected chi connectivity index (χ4v) is 7.18. The Morgan fingerprint density at radius 1 is 0.848 bits per heavy atom. The quantitative estimate of drug-likeness (QED) is 0.0975. The molecule has 222 valence electrons. The Labute approximate surface area is 266 Å². The molecule has 1 N–H and O–H groups in total. The van der Waals surface area contributed by atoms with Crippen LogP contribution in [0.15, 0.2) is 107 Å². The maximum Gasteiger partial charge on any atom is 0.265 e. The first-order chi connectivity index (χ1) is 22.4. The number of nitrogens with one attached hydrogen (secondary N) is 1. The molecule has 0 saturated heterocycles. The van der Waals surface area contributed by atoms with Crippen molar-refractivity contribution < 1.29 is 19.2 Å². The number of Topliss-reactive ketones (excluding diaryl/α,β-unsaturated/α-hetero) is 2. The van der Waals surface area contributed by atoms with E-state index in [1.165, 1.54) is 36.0 Å². The Morgan fingerprint density at radius 3 is 2.13 bits per heavy atom. The molecule has 1 aliphatic heterocycles. The number of thioether (sulfide) groups is 1. The molecular formula is C37H23N3O5S. The number of anilines is 1. The summed E-state index contributed by atoms with van der Waals surface area (Å²) >= 11 is 1.52. The van der Waals surface area contributed by atoms with Crippen molar-refractivity contribution >= 4 is 68.1 Å². The number of nitrogens with zero attached hydrogens (tertiary/aromatic N) is 2. The number of carbonyl (C=O) groups is 4. The Hall–Kier alpha value is -5.67. The number of ketones is 2. The van der Waals surface area contributed by atoms with Crippen LogP contribution in [0.1, 0.15) is 65.2 Å². The summed E-state index contributed by atoms with van der Waals surface area (Å²) in [7, 11) is 0. The summed E-state index contributed by atoms with van der Waals surface area (Å²) < 4.78 is 0. The maximum atomic E-state index is 14.0. The van der Waals surface area contributed by atoms with Crippen molar-refractivity contribution in [3.05, 3.63) is 142 Å². The molecule has 2 aliphatic carbocycles. The molecule has 0 atom stereocenters. The third-order valence-electron chi connectivity index (χ3n) is 8.65. The SMILES string of the molecule is C=CCSc1ccc2nc(C3C(=O)c4ccc5c6c(ccc(c46)C3=O)C(=O)N(c3ccc(C4=CCC=C4)cc3)C5=O)[nH]c(=O)c2c1. The molecule has 2 heterocycles. The molecule has 0 radical (unpaired) electrons. The lowest BCUT2D eigenvalue weighted by molar-refractivity contribution is 0.0843. The fraction of sp³-hybridized carbons (Fsp3) is 0.0811. The summed E-state index contributed by atoms with van der Waals surface area (Å²) in [4.78, 5) is 77.9. The van der Waals surface area contributed by atoms with Crippen LogP contribution in [-0.2, 0) is 0 Å². The molecule has 8 nitrogen and oxygen atoms in total. The summed E-state index contributed by atoms with van der Waals surface area (Å²) in [6, 6.07) is 18.5. The monoisotopic (exact) mass is 621 g/mol. The van der Waals surface area contributed by atoms with Crippen LogP contribution in [0.25, 0.3) is 27.2 Å². The highest BCUT2D eigenvalue weighted by Crippen LogP contribution is 2.42. The number of allylic oxidation sites excluding steroid dienone is 4. The summed E-state index contributed by atoms with van der Waals surface area (Å²) in [6.45, 7) is 3.71. The minimum atomic E-state index is -1.38. The number of amides is 2. The van der Waals surface area contributed by atoms with Gasteiger partial charge in [-0.15, -0.1) is 18.3 Å². The molecule has 4 aromatic carbocycles. The van der Waals surface area contributed by atoms with Crippen LogP contribution < -0.4 is 10.5 Å². The van der Waals surface area contributed by atoms with Gasteiger partial charge in [0.15, 0.2) is 11.6 Å². The zero-order valence-electron chi connectivity index (χ0n) is 24.2. The minimum Gasteiger partial charge on any atom is -0.309 e. The standard InChI is InChI=1S/C37H23N3O5S/c1-2-17-46-22-11-16-28-27(18-22)35(43)39-34(38-28)31-32(41)23-12-14-25-30-26(15-13-24(29(23)30)33(31)42)37(45)40(36(25)44)21-9-7-20(8-10-21)19-5-3-4-6-19/h2-3,5-16,18,31H,1,4,17H2,(H,38,39,43). The van der Waals surface area contributed by atoms with Gasteiger partial charge in [-0.25, -0.2) is 9.88 Å². The molecule has 46 heavy (non-hydrogen) atoms. The molecule has 3 aliphatic rings. The molecule has 0 spiro atoms. The second-order valence-corrected chi connectivity index (χ2v) is 12.3. The van der Waals surface area contributed by atoms with E-state index in [4.69, 9.17) is 0 Å². The van der Waals surface area contributed by atoms with Crippen LogP contribution in [0.5, 0.6) is 0 Å². The van der Waals surface area contributed by atoms with E-state index in [1.807, 2.05) is 24.3 Å². The Kier molecular flexibility index (Phi) is 6.33. The highest BCUT2D eigenvalue weighted by molar-refractivity contribution is 7.99. The predicted molar refractivity (Wildman–Crippen MR) is 178 cm³/mol. The Balaban J connectivity index is 1.19. The predicted octanol–water partition coefficient (Wildman–Crippen LogP) is 6.66. The van der Waals surface area contributed by atoms with Gasteiger partial charge in [-0.1, -0.05) is 36.4 Å². The highest BCUT2D eigenvalue weighted by atomic mass is 32.2. The van der Waals surface area contributed by atoms with Crippen LogP contribution in [0, 0.1) is 0 Å². The van der Waals surface area contributed by atoms with Crippen LogP contribution in [0.4, 0.5) is 5.69 Å². The first-order valence-electron chi connectivity index (χ1n) is 14.7. The number of rotatable bonds is 6. The lowest BCUT2D eigenvalue weighted by atomic mass is 9.76. The number of imide groups is 1. The first kappa shape index (κ1) is 27.8. The van der Waals surface area contributed by atoms with Gasteiger partial charge in [0.1, 0.15) is 11.7 Å². The van der Waals surface area contributed by atoms with Gasteiger partial charge < -0.3 is 4.98 Å². The fourth-order valence-electron chi connectivity index (χ4n) is 6.50. The van der Waals surface area contributed by atoms with Crippen molar-refractivity contribution in [3.63, 3.8) is 0 Å². The summed E-state index contributed by atoms with van der Waals surface area (Å²) in [5, 5.41) is 0.893. The van der Waals surface area contributed by atoms with E-state index in [0.29, 0.717) is 22.3 Å². The molecule has 0 unspecified atom stereocenters. The zero-order chi connectivity index (χ0) is 31.7. The van der Waals surface area contributed by atoms with Gasteiger partial charge in [0, 0.05) is 43.7 Å². The topological polar surface area (TPSA) is 117 Å². The maximum absolute atomic E-state index is 14.0. The molecule has 2 amide bonds. The van der Waals surface area contributed by atoms with Crippen molar-refractivity contribution in [3.8, 4) is 0 Å². The molecule has 5 aromatic rings. The molecule has 8 rings (SSSR count). The van der Waals surface area contributed by atoms with E-state index >= 15 is 0 Å². The van der Waals surface area contributed by atoms with Gasteiger partial charge in [0.05, 0.1) is 16.6 Å². The average molecular weight is 622 g/mol. The van der Waals surface area contributed by atoms with Crippen LogP contribution >= 0.6 is 11.8 Å². The van der Waals surface area contributed by atoms with E-state index < -0.39 is 34.9 Å². The molecule has 1 aromatic heterocycles. The Bertz CT molecular complexity index is 2300. The number of aromatic amines is 1. The summed E-state index contributed by atoms with van der Waals surface area (Å²) in [5.41, 5.74) is 3.21. The molecule has 0 saturated carbocycles. The van der Waals surface area contributed by atoms with Crippen LogP contribution in [0.2, 0.25) is 0 Å². The number of fused-ring (bicyclic) bond motifs is 1. The summed E-state index contributed by atoms with van der Waals surface area (Å²) in [6.07, 6.45) is 8.82. The molecule has 0 fully saturated rings. The van der Waals surface area contributed by atoms with Gasteiger partial charge in [-0.3, -0.25) is 24.0 Å². The number of hydrogen-bond donors (Lipinski definition) is 1. The van der Waals surface area contributed by atoms with Gasteiger partial charge >= 0.3 is 0 Å². The van der Waals surface area contributed by atoms with Crippen molar-refractivity contribution in [1.82, 2.24) is 9.97 Å². The van der Waals surface area contributed by atoms with E-state index in [1.54, 1.807) is 30.3 Å². The van der Waals surface area contributed by atoms with Crippen molar-refractivity contribution in [2.45, 2.75) is 17.2 Å². The van der Waals surface area contributed by atoms with Crippen molar-refractivity contribution in [1.29, 1.82) is 0 Å². The second kappa shape index (κ2) is 10.5. The number of H-pyrrole nitrogens is 1. The lowest BCUT2D eigenvalue weighted by Crippen LogP contribution is -2.41. The van der Waals surface area contributed by atoms with E-state index in [0.717, 1.165) is 27.4 Å². The zero-order valence-corrected chi connectivity index (χ0v) is 25.0. The van der Waals surface area contributed by atoms with Gasteiger partial charge in [0.2, 0.25) is 0 Å². The first-order valence-corrected chi connectivity index (χ1v) is 15.7. The highest BCUT2D eigenvalue weighted by Gasteiger charge is 2.43. The van der Waals surface area contributed by atoms with Crippen LogP contribution in [-0.4, -0.2) is 39.1 Å². The smallest absolute Gasteiger partial charge is 0.265 e. The number of aromatic nitrogens is 2. The van der Waals surface area contributed by atoms with E-state index in [9.17, 15) is 24.0 Å². The van der Waals surface area contributed by atoms with Gasteiger partial charge in [-0.05, 0) is 72.2 Å². The average Bonchev–Trinajstić information content (AvgIpc) is 3.61. The number of hydrogen-bond acceptors (Lipinski definition) is 7. The van der Waals surface area contributed by atoms with Gasteiger partial charge in [0.25, 0.3) is 17.4 Å². The van der Waals surface area contributed by atoms with Gasteiger partial charge in [-0.2, -0.15) is 0 Å².